The molecule has 0 amide bonds. The minimum atomic E-state index is -6.87. The van der Waals surface area contributed by atoms with E-state index in [4.69, 9.17) is 4.80 Å². The zero-order chi connectivity index (χ0) is 10.2. The molecule has 0 saturated heterocycles. The molecule has 0 aromatic carbocycles. The maximum absolute atomic E-state index is 11.5. The first kappa shape index (κ1) is 11.6. The minimum Gasteiger partial charge on any atom is -0.361 e. The van der Waals surface area contributed by atoms with Crippen molar-refractivity contribution in [1.29, 1.82) is 0 Å². The molecule has 0 radical (unpaired) electrons. The Hall–Kier alpha value is -0.353. The van der Waals surface area contributed by atoms with Gasteiger partial charge in [0.1, 0.15) is 0 Å². The highest BCUT2D eigenvalue weighted by Gasteiger charge is 2.65. The molecule has 0 atom stereocenters. The van der Waals surface area contributed by atoms with Crippen molar-refractivity contribution in [2.45, 2.75) is 12.3 Å². The van der Waals surface area contributed by atoms with E-state index in [0.29, 0.717) is 0 Å². The lowest BCUT2D eigenvalue weighted by atomic mass is 10.6. The van der Waals surface area contributed by atoms with Crippen LogP contribution in [0.25, 0.3) is 0 Å². The van der Waals surface area contributed by atoms with Crippen LogP contribution < -0.4 is 0 Å². The average Bonchev–Trinajstić information content (AvgIpc) is 1.52. The number of rotatable bonds is 2. The van der Waals surface area contributed by atoms with Gasteiger partial charge in [0.05, 0.1) is 0 Å². The summed E-state index contributed by atoms with van der Waals surface area (Å²) in [5.74, 6) is 0. The molecule has 0 aliphatic carbocycles. The van der Waals surface area contributed by atoms with Gasteiger partial charge in [-0.25, -0.2) is 8.22 Å². The third-order valence-corrected chi connectivity index (χ3v) is 1.08. The second-order valence-corrected chi connectivity index (χ2v) is 2.78. The highest BCUT2D eigenvalue weighted by molar-refractivity contribution is 6.50. The molecule has 2 nitrogen and oxygen atoms in total. The summed E-state index contributed by atoms with van der Waals surface area (Å²) in [6.07, 6.45) is -12.3. The standard InChI is InChI=1S/C2HF7O2Si/c3-1(4,5)2(6,7)11-12(8,9)10/h10H. The molecule has 0 fully saturated rings. The Morgan fingerprint density at radius 1 is 1.00 bits per heavy atom. The first-order valence-corrected chi connectivity index (χ1v) is 3.82. The van der Waals surface area contributed by atoms with E-state index in [2.05, 4.69) is 0 Å². The predicted octanol–water partition coefficient (Wildman–Crippen LogP) is 1.52. The van der Waals surface area contributed by atoms with Crippen molar-refractivity contribution in [2.24, 2.45) is 0 Å². The summed E-state index contributed by atoms with van der Waals surface area (Å²) in [4.78, 5) is 7.32. The van der Waals surface area contributed by atoms with Crippen molar-refractivity contribution in [1.82, 2.24) is 0 Å². The molecular weight excluding hydrogens is 217 g/mol. The van der Waals surface area contributed by atoms with E-state index in [0.717, 1.165) is 0 Å². The molecule has 0 spiro atoms. The summed E-state index contributed by atoms with van der Waals surface area (Å²) in [5, 5.41) is 0. The summed E-state index contributed by atoms with van der Waals surface area (Å²) in [6.45, 7) is 0. The largest absolute Gasteiger partial charge is 0.763 e. The van der Waals surface area contributed by atoms with E-state index in [9.17, 15) is 30.2 Å². The molecule has 0 unspecified atom stereocenters. The van der Waals surface area contributed by atoms with Gasteiger partial charge in [-0.15, -0.1) is 0 Å². The number of hydrogen-bond acceptors (Lipinski definition) is 2. The Morgan fingerprint density at radius 3 is 1.42 bits per heavy atom. The second-order valence-electron chi connectivity index (χ2n) is 1.60. The molecule has 0 aliphatic heterocycles. The highest BCUT2D eigenvalue weighted by atomic mass is 28.5. The Morgan fingerprint density at radius 2 is 1.33 bits per heavy atom. The van der Waals surface area contributed by atoms with Crippen LogP contribution in [0, 0.1) is 0 Å². The van der Waals surface area contributed by atoms with Crippen LogP contribution in [0.5, 0.6) is 0 Å². The van der Waals surface area contributed by atoms with E-state index in [1.165, 1.54) is 0 Å². The highest BCUT2D eigenvalue weighted by Crippen LogP contribution is 2.38. The number of halogens is 7. The maximum atomic E-state index is 11.5. The fourth-order valence-electron chi connectivity index (χ4n) is 0.212. The van der Waals surface area contributed by atoms with Crippen LogP contribution in [-0.2, 0) is 4.43 Å². The SMILES string of the molecule is O[Si](F)(F)OC(F)(F)C(F)(F)F. The molecule has 0 saturated carbocycles. The van der Waals surface area contributed by atoms with Gasteiger partial charge >= 0.3 is 21.5 Å². The fraction of sp³-hybridized carbons (Fsp3) is 1.00. The van der Waals surface area contributed by atoms with Crippen molar-refractivity contribution in [2.75, 3.05) is 0 Å². The van der Waals surface area contributed by atoms with Crippen LogP contribution in [0.2, 0.25) is 0 Å². The molecule has 0 aromatic heterocycles. The van der Waals surface area contributed by atoms with Gasteiger partial charge in [-0.2, -0.15) is 22.0 Å². The van der Waals surface area contributed by atoms with Gasteiger partial charge in [-0.05, 0) is 0 Å². The van der Waals surface area contributed by atoms with E-state index in [-0.39, 0.29) is 0 Å². The molecule has 0 aromatic rings. The zero-order valence-electron chi connectivity index (χ0n) is 5.00. The van der Waals surface area contributed by atoms with E-state index < -0.39 is 21.5 Å². The first-order valence-electron chi connectivity index (χ1n) is 2.20. The molecule has 0 aliphatic rings. The predicted molar refractivity (Wildman–Crippen MR) is 22.3 cm³/mol. The van der Waals surface area contributed by atoms with Crippen LogP contribution in [-0.4, -0.2) is 26.3 Å². The Bertz CT molecular complexity index is 158. The Kier molecular flexibility index (Phi) is 2.77. The van der Waals surface area contributed by atoms with Gasteiger partial charge < -0.3 is 4.80 Å². The van der Waals surface area contributed by atoms with Gasteiger partial charge in [0.25, 0.3) is 0 Å². The second kappa shape index (κ2) is 2.85. The van der Waals surface area contributed by atoms with E-state index in [1.54, 1.807) is 0 Å². The number of alkyl halides is 5. The third-order valence-electron chi connectivity index (χ3n) is 0.581. The first-order chi connectivity index (χ1) is 4.96. The Labute approximate surface area is 62.1 Å². The lowest BCUT2D eigenvalue weighted by Gasteiger charge is -2.19. The molecule has 0 heterocycles. The van der Waals surface area contributed by atoms with Crippen LogP contribution in [0.3, 0.4) is 0 Å². The topological polar surface area (TPSA) is 29.5 Å². The summed E-state index contributed by atoms with van der Waals surface area (Å²) in [7, 11) is -6.87. The summed E-state index contributed by atoms with van der Waals surface area (Å²) < 4.78 is 80.5. The van der Waals surface area contributed by atoms with Crippen LogP contribution in [0.1, 0.15) is 0 Å². The monoisotopic (exact) mass is 218 g/mol. The summed E-state index contributed by atoms with van der Waals surface area (Å²) >= 11 is 0. The number of hydrogen-bond donors (Lipinski definition) is 1. The van der Waals surface area contributed by atoms with Gasteiger partial charge in [-0.1, -0.05) is 0 Å². The van der Waals surface area contributed by atoms with Crippen molar-refractivity contribution in [3.8, 4) is 0 Å². The van der Waals surface area contributed by atoms with Crippen molar-refractivity contribution in [3.05, 3.63) is 0 Å². The van der Waals surface area contributed by atoms with Crippen molar-refractivity contribution >= 4 is 9.23 Å². The quantitative estimate of drug-likeness (QED) is 0.432. The molecule has 0 rings (SSSR count). The fourth-order valence-corrected chi connectivity index (χ4v) is 0.636. The van der Waals surface area contributed by atoms with Crippen LogP contribution in [0.15, 0.2) is 0 Å². The van der Waals surface area contributed by atoms with Gasteiger partial charge in [-0.3, -0.25) is 4.43 Å². The summed E-state index contributed by atoms with van der Waals surface area (Å²) in [5.41, 5.74) is 0. The molecular formula is C2HF7O2Si. The Balaban J connectivity index is 4.44. The lowest BCUT2D eigenvalue weighted by molar-refractivity contribution is -0.373. The minimum absolute atomic E-state index is 1.89. The lowest BCUT2D eigenvalue weighted by Crippen LogP contribution is -2.47. The molecule has 74 valence electrons. The van der Waals surface area contributed by atoms with Crippen LogP contribution >= 0.6 is 0 Å². The molecule has 0 bridgehead atoms. The molecule has 1 N–H and O–H groups in total. The van der Waals surface area contributed by atoms with Gasteiger partial charge in [0, 0.05) is 0 Å². The van der Waals surface area contributed by atoms with E-state index >= 15 is 0 Å². The van der Waals surface area contributed by atoms with Gasteiger partial charge in [0.15, 0.2) is 0 Å². The van der Waals surface area contributed by atoms with Crippen molar-refractivity contribution < 1.29 is 39.4 Å². The zero-order valence-corrected chi connectivity index (χ0v) is 6.00. The van der Waals surface area contributed by atoms with Crippen molar-refractivity contribution in [3.63, 3.8) is 0 Å². The van der Waals surface area contributed by atoms with E-state index in [1.807, 2.05) is 4.43 Å². The molecule has 10 heteroatoms. The van der Waals surface area contributed by atoms with Crippen LogP contribution in [0.4, 0.5) is 30.2 Å². The maximum Gasteiger partial charge on any atom is 0.763 e. The van der Waals surface area contributed by atoms with Gasteiger partial charge in [0.2, 0.25) is 0 Å². The summed E-state index contributed by atoms with van der Waals surface area (Å²) in [6, 6.07) is 0. The molecule has 12 heavy (non-hydrogen) atoms. The normalized spacial score (nSPS) is 15.0. The third kappa shape index (κ3) is 3.36. The average molecular weight is 218 g/mol. The smallest absolute Gasteiger partial charge is 0.361 e.